The van der Waals surface area contributed by atoms with Crippen LogP contribution < -0.4 is 5.56 Å². The second-order valence-corrected chi connectivity index (χ2v) is 8.88. The Morgan fingerprint density at radius 3 is 2.80 bits per heavy atom. The third kappa shape index (κ3) is 2.41. The van der Waals surface area contributed by atoms with Crippen LogP contribution in [0.5, 0.6) is 0 Å². The summed E-state index contributed by atoms with van der Waals surface area (Å²) in [4.78, 5) is 25.7. The highest BCUT2D eigenvalue weighted by molar-refractivity contribution is 7.99. The predicted molar refractivity (Wildman–Crippen MR) is 117 cm³/mol. The van der Waals surface area contributed by atoms with Crippen molar-refractivity contribution in [2.75, 3.05) is 12.9 Å². The number of fused-ring (bicyclic) bond motifs is 3. The number of rotatable bonds is 3. The Morgan fingerprint density at radius 2 is 2.00 bits per heavy atom. The third-order valence-corrected chi connectivity index (χ3v) is 7.28. The zero-order valence-corrected chi connectivity index (χ0v) is 17.2. The van der Waals surface area contributed by atoms with E-state index >= 15 is 0 Å². The molecule has 0 amide bonds. The van der Waals surface area contributed by atoms with Crippen molar-refractivity contribution in [2.24, 2.45) is 0 Å². The van der Waals surface area contributed by atoms with Crippen LogP contribution in [0.25, 0.3) is 32.9 Å². The molecule has 6 rings (SSSR count). The summed E-state index contributed by atoms with van der Waals surface area (Å²) in [5.41, 5.74) is 3.24. The molecule has 0 spiro atoms. The molecular formula is C23H19N3O3S. The van der Waals surface area contributed by atoms with Gasteiger partial charge in [0.15, 0.2) is 0 Å². The zero-order chi connectivity index (χ0) is 20.4. The minimum atomic E-state index is -0.589. The van der Waals surface area contributed by atoms with Crippen LogP contribution in [0.4, 0.5) is 0 Å². The van der Waals surface area contributed by atoms with Gasteiger partial charge in [-0.05, 0) is 35.1 Å². The van der Waals surface area contributed by atoms with Crippen molar-refractivity contribution < 1.29 is 9.53 Å². The minimum Gasteiger partial charge on any atom is -0.467 e. The van der Waals surface area contributed by atoms with Gasteiger partial charge < -0.3 is 4.74 Å². The lowest BCUT2D eigenvalue weighted by atomic mass is 9.97. The topological polar surface area (TPSA) is 77.0 Å². The number of nitrogens with one attached hydrogen (secondary N) is 1. The van der Waals surface area contributed by atoms with Crippen molar-refractivity contribution in [3.05, 3.63) is 58.4 Å². The van der Waals surface area contributed by atoms with Gasteiger partial charge in [0.1, 0.15) is 17.3 Å². The lowest BCUT2D eigenvalue weighted by Crippen LogP contribution is -2.30. The van der Waals surface area contributed by atoms with Gasteiger partial charge in [-0.15, -0.1) is 11.8 Å². The number of hydrogen-bond donors (Lipinski definition) is 1. The molecule has 2 aliphatic rings. The highest BCUT2D eigenvalue weighted by Crippen LogP contribution is 2.51. The number of esters is 1. The molecule has 2 aromatic heterocycles. The lowest BCUT2D eigenvalue weighted by Gasteiger charge is -2.15. The number of thioether (sulfide) groups is 1. The Balaban J connectivity index is 1.69. The molecule has 0 saturated heterocycles. The van der Waals surface area contributed by atoms with Crippen LogP contribution in [0.1, 0.15) is 30.4 Å². The number of methoxy groups -OCH3 is 1. The van der Waals surface area contributed by atoms with Gasteiger partial charge in [0.25, 0.3) is 5.56 Å². The molecule has 6 nitrogen and oxygen atoms in total. The number of nitrogens with zero attached hydrogens (tertiary/aromatic N) is 2. The summed E-state index contributed by atoms with van der Waals surface area (Å²) < 4.78 is 6.58. The van der Waals surface area contributed by atoms with E-state index in [1.807, 2.05) is 18.2 Å². The second kappa shape index (κ2) is 6.47. The Bertz CT molecular complexity index is 1400. The van der Waals surface area contributed by atoms with Crippen molar-refractivity contribution in [2.45, 2.75) is 29.8 Å². The number of aromatic amines is 1. The normalized spacial score (nSPS) is 18.1. The summed E-state index contributed by atoms with van der Waals surface area (Å²) in [5, 5.41) is 11.7. The van der Waals surface area contributed by atoms with E-state index in [1.165, 1.54) is 7.11 Å². The van der Waals surface area contributed by atoms with E-state index in [1.54, 1.807) is 16.3 Å². The maximum Gasteiger partial charge on any atom is 0.329 e. The van der Waals surface area contributed by atoms with Crippen LogP contribution in [0.2, 0.25) is 0 Å². The van der Waals surface area contributed by atoms with Crippen LogP contribution in [0, 0.1) is 0 Å². The van der Waals surface area contributed by atoms with Gasteiger partial charge in [-0.3, -0.25) is 14.5 Å². The molecule has 1 fully saturated rings. The minimum absolute atomic E-state index is 0.205. The summed E-state index contributed by atoms with van der Waals surface area (Å²) in [5.74, 6) is 0.536. The molecule has 1 N–H and O–H groups in total. The summed E-state index contributed by atoms with van der Waals surface area (Å²) >= 11 is 1.58. The molecule has 4 aromatic rings. The molecule has 1 aliphatic heterocycles. The molecule has 0 unspecified atom stereocenters. The number of hydrogen-bond acceptors (Lipinski definition) is 5. The van der Waals surface area contributed by atoms with E-state index in [-0.39, 0.29) is 11.5 Å². The number of pyridine rings is 1. The molecule has 150 valence electrons. The zero-order valence-electron chi connectivity index (χ0n) is 16.3. The maximum atomic E-state index is 13.4. The fraction of sp³-hybridized carbons (Fsp3) is 0.261. The van der Waals surface area contributed by atoms with Crippen molar-refractivity contribution >= 4 is 39.4 Å². The number of carbonyl (C=O) groups is 1. The number of ether oxygens (including phenoxy) is 1. The number of H-pyrrole nitrogens is 1. The van der Waals surface area contributed by atoms with Crippen LogP contribution in [0.3, 0.4) is 0 Å². The molecule has 0 bridgehead atoms. The van der Waals surface area contributed by atoms with Gasteiger partial charge in [-0.1, -0.05) is 42.5 Å². The van der Waals surface area contributed by atoms with Gasteiger partial charge in [-0.25, -0.2) is 4.79 Å². The molecular weight excluding hydrogens is 398 g/mol. The molecule has 3 heterocycles. The van der Waals surface area contributed by atoms with Crippen LogP contribution in [-0.2, 0) is 9.53 Å². The quantitative estimate of drug-likeness (QED) is 0.505. The van der Waals surface area contributed by atoms with Gasteiger partial charge in [0.05, 0.1) is 12.1 Å². The van der Waals surface area contributed by atoms with Gasteiger partial charge >= 0.3 is 5.97 Å². The van der Waals surface area contributed by atoms with Crippen molar-refractivity contribution in [1.29, 1.82) is 0 Å². The predicted octanol–water partition coefficient (Wildman–Crippen LogP) is 4.24. The van der Waals surface area contributed by atoms with Gasteiger partial charge in [-0.2, -0.15) is 5.10 Å². The smallest absolute Gasteiger partial charge is 0.329 e. The molecule has 1 atom stereocenters. The summed E-state index contributed by atoms with van der Waals surface area (Å²) in [6.07, 6.45) is 2.17. The number of aromatic nitrogens is 3. The third-order valence-electron chi connectivity index (χ3n) is 6.11. The van der Waals surface area contributed by atoms with E-state index < -0.39 is 6.04 Å². The standard InChI is InChI=1S/C23H19N3O3S/c1-29-23(28)16-11-30-22-17(13-9-10-13)18-19(24-25-20(18)21(27)26(16)22)15-8-4-6-12-5-2-3-7-14(12)15/h2-8,13,16H,9-11H2,1H3,(H,24,25)/t16-/m0/s1. The Hall–Kier alpha value is -3.06. The summed E-state index contributed by atoms with van der Waals surface area (Å²) in [6.45, 7) is 0. The van der Waals surface area contributed by atoms with Crippen molar-refractivity contribution in [1.82, 2.24) is 14.8 Å². The highest BCUT2D eigenvalue weighted by Gasteiger charge is 2.39. The van der Waals surface area contributed by atoms with E-state index in [0.717, 1.165) is 50.8 Å². The second-order valence-electron chi connectivity index (χ2n) is 7.87. The molecule has 1 aliphatic carbocycles. The van der Waals surface area contributed by atoms with Crippen LogP contribution in [-0.4, -0.2) is 33.6 Å². The molecule has 7 heteroatoms. The fourth-order valence-corrected chi connectivity index (χ4v) is 5.93. The lowest BCUT2D eigenvalue weighted by molar-refractivity contribution is -0.143. The van der Waals surface area contributed by atoms with Gasteiger partial charge in [0.2, 0.25) is 0 Å². The SMILES string of the molecule is COC(=O)[C@@H]1CSc2c(C3CC3)c3c(-c4cccc5ccccc45)n[nH]c3c(=O)n21. The highest BCUT2D eigenvalue weighted by atomic mass is 32.2. The molecule has 2 aromatic carbocycles. The monoisotopic (exact) mass is 417 g/mol. The molecule has 1 saturated carbocycles. The van der Waals surface area contributed by atoms with E-state index in [4.69, 9.17) is 4.74 Å². The number of carbonyl (C=O) groups excluding carboxylic acids is 1. The maximum absolute atomic E-state index is 13.4. The van der Waals surface area contributed by atoms with E-state index in [2.05, 4.69) is 34.5 Å². The van der Waals surface area contributed by atoms with E-state index in [0.29, 0.717) is 17.2 Å². The largest absolute Gasteiger partial charge is 0.467 e. The summed E-state index contributed by atoms with van der Waals surface area (Å²) in [6, 6.07) is 13.8. The van der Waals surface area contributed by atoms with E-state index in [9.17, 15) is 9.59 Å². The van der Waals surface area contributed by atoms with Crippen molar-refractivity contribution in [3.63, 3.8) is 0 Å². The first-order valence-corrected chi connectivity index (χ1v) is 11.0. The number of benzene rings is 2. The van der Waals surface area contributed by atoms with Crippen LogP contribution in [0.15, 0.2) is 52.3 Å². The molecule has 0 radical (unpaired) electrons. The Morgan fingerprint density at radius 1 is 1.20 bits per heavy atom. The first kappa shape index (κ1) is 17.8. The molecule has 30 heavy (non-hydrogen) atoms. The van der Waals surface area contributed by atoms with Crippen molar-refractivity contribution in [3.8, 4) is 11.3 Å². The summed E-state index contributed by atoms with van der Waals surface area (Å²) in [7, 11) is 1.37. The fourth-order valence-electron chi connectivity index (χ4n) is 4.56. The Labute approximate surface area is 176 Å². The average molecular weight is 417 g/mol. The Kier molecular flexibility index (Phi) is 3.83. The van der Waals surface area contributed by atoms with Crippen LogP contribution >= 0.6 is 11.8 Å². The van der Waals surface area contributed by atoms with Gasteiger partial charge in [0, 0.05) is 16.7 Å². The first-order chi connectivity index (χ1) is 14.7. The average Bonchev–Trinajstić information content (AvgIpc) is 3.36. The first-order valence-electron chi connectivity index (χ1n) is 10.0.